The van der Waals surface area contributed by atoms with Crippen molar-refractivity contribution in [1.29, 1.82) is 0 Å². The molecular weight excluding hydrogens is 442 g/mol. The van der Waals surface area contributed by atoms with Gasteiger partial charge in [0.25, 0.3) is 5.91 Å². The first kappa shape index (κ1) is 22.1. The lowest BCUT2D eigenvalue weighted by molar-refractivity contribution is 0.0909. The van der Waals surface area contributed by atoms with Crippen LogP contribution in [0.3, 0.4) is 0 Å². The molecule has 2 heterocycles. The third-order valence-corrected chi connectivity index (χ3v) is 7.10. The van der Waals surface area contributed by atoms with Gasteiger partial charge in [0.05, 0.1) is 15.7 Å². The number of ether oxygens (including phenoxy) is 2. The van der Waals surface area contributed by atoms with Crippen LogP contribution in [0.15, 0.2) is 39.9 Å². The van der Waals surface area contributed by atoms with E-state index in [1.165, 1.54) is 22.7 Å². The number of hydrogen-bond donors (Lipinski definition) is 2. The van der Waals surface area contributed by atoms with Crippen molar-refractivity contribution in [2.45, 2.75) is 24.7 Å². The number of hydrogen-bond acceptors (Lipinski definition) is 8. The molecule has 0 spiro atoms. The van der Waals surface area contributed by atoms with E-state index in [4.69, 9.17) is 9.47 Å². The lowest BCUT2D eigenvalue weighted by Gasteiger charge is -2.08. The van der Waals surface area contributed by atoms with E-state index in [1.807, 2.05) is 49.7 Å². The second kappa shape index (κ2) is 10.5. The Morgan fingerprint density at radius 1 is 1.20 bits per heavy atom. The molecule has 3 aromatic rings. The van der Waals surface area contributed by atoms with Crippen molar-refractivity contribution >= 4 is 46.4 Å². The van der Waals surface area contributed by atoms with Crippen LogP contribution in [0.5, 0.6) is 5.75 Å². The van der Waals surface area contributed by atoms with Crippen molar-refractivity contribution in [3.05, 3.63) is 51.8 Å². The summed E-state index contributed by atoms with van der Waals surface area (Å²) in [5.41, 5.74) is 7.33. The third kappa shape index (κ3) is 5.74. The number of aromatic nitrogens is 1. The standard InChI is InChI=1S/C20H21N3O4S3/c1-4-26-14-7-5-13(6-8-14)10-27-20(25)23-22-17(24)16-9-15(19(28-3)30-16)18-21-12(2)11-29-18/h5-9,11H,4,10H2,1-3H3,(H,22,24)(H,23,25). The zero-order valence-corrected chi connectivity index (χ0v) is 19.1. The van der Waals surface area contributed by atoms with E-state index in [1.54, 1.807) is 17.8 Å². The van der Waals surface area contributed by atoms with Crippen LogP contribution in [-0.2, 0) is 11.3 Å². The summed E-state index contributed by atoms with van der Waals surface area (Å²) < 4.78 is 11.5. The van der Waals surface area contributed by atoms with Crippen molar-refractivity contribution in [2.24, 2.45) is 0 Å². The van der Waals surface area contributed by atoms with Crippen LogP contribution in [0.4, 0.5) is 4.79 Å². The molecule has 2 N–H and O–H groups in total. The second-order valence-corrected chi connectivity index (χ2v) is 9.03. The number of aryl methyl sites for hydroxylation is 1. The fourth-order valence-electron chi connectivity index (χ4n) is 2.47. The molecule has 0 unspecified atom stereocenters. The fourth-order valence-corrected chi connectivity index (χ4v) is 5.18. The number of hydrazine groups is 1. The van der Waals surface area contributed by atoms with Crippen molar-refractivity contribution in [3.8, 4) is 16.3 Å². The molecule has 0 atom stereocenters. The summed E-state index contributed by atoms with van der Waals surface area (Å²) in [5.74, 6) is 0.346. The zero-order valence-electron chi connectivity index (χ0n) is 16.7. The van der Waals surface area contributed by atoms with Gasteiger partial charge in [-0.2, -0.15) is 0 Å². The van der Waals surface area contributed by atoms with Crippen LogP contribution in [0.2, 0.25) is 0 Å². The normalized spacial score (nSPS) is 10.5. The van der Waals surface area contributed by atoms with Gasteiger partial charge in [0.1, 0.15) is 17.4 Å². The maximum absolute atomic E-state index is 12.4. The average molecular weight is 464 g/mol. The van der Waals surface area contributed by atoms with Gasteiger partial charge in [-0.25, -0.2) is 15.2 Å². The quantitative estimate of drug-likeness (QED) is 0.384. The number of carbonyl (C=O) groups excluding carboxylic acids is 2. The van der Waals surface area contributed by atoms with Crippen LogP contribution in [0, 0.1) is 6.92 Å². The average Bonchev–Trinajstić information content (AvgIpc) is 3.37. The van der Waals surface area contributed by atoms with Crippen LogP contribution in [0.25, 0.3) is 10.6 Å². The van der Waals surface area contributed by atoms with E-state index in [0.717, 1.165) is 31.8 Å². The molecule has 0 aliphatic heterocycles. The molecule has 0 aliphatic rings. The number of rotatable bonds is 7. The van der Waals surface area contributed by atoms with E-state index in [2.05, 4.69) is 15.8 Å². The Morgan fingerprint density at radius 2 is 1.97 bits per heavy atom. The lowest BCUT2D eigenvalue weighted by atomic mass is 10.2. The summed E-state index contributed by atoms with van der Waals surface area (Å²) in [5, 5.41) is 2.84. The van der Waals surface area contributed by atoms with Gasteiger partial charge in [0.2, 0.25) is 0 Å². The largest absolute Gasteiger partial charge is 0.494 e. The molecule has 3 rings (SSSR count). The summed E-state index contributed by atoms with van der Waals surface area (Å²) in [6, 6.07) is 9.03. The highest BCUT2D eigenvalue weighted by Gasteiger charge is 2.18. The Bertz CT molecular complexity index is 1010. The van der Waals surface area contributed by atoms with Crippen LogP contribution < -0.4 is 15.6 Å². The number of carbonyl (C=O) groups is 2. The van der Waals surface area contributed by atoms with Gasteiger partial charge in [-0.15, -0.1) is 34.4 Å². The number of thiazole rings is 1. The minimum absolute atomic E-state index is 0.0806. The smallest absolute Gasteiger partial charge is 0.426 e. The Kier molecular flexibility index (Phi) is 7.72. The molecule has 158 valence electrons. The van der Waals surface area contributed by atoms with Gasteiger partial charge in [-0.1, -0.05) is 12.1 Å². The van der Waals surface area contributed by atoms with Crippen LogP contribution in [-0.4, -0.2) is 29.8 Å². The SMILES string of the molecule is CCOc1ccc(COC(=O)NNC(=O)c2cc(-c3nc(C)cs3)c(SC)s2)cc1. The highest BCUT2D eigenvalue weighted by molar-refractivity contribution is 8.00. The summed E-state index contributed by atoms with van der Waals surface area (Å²) in [6.45, 7) is 4.51. The topological polar surface area (TPSA) is 89.5 Å². The zero-order chi connectivity index (χ0) is 21.5. The number of thioether (sulfide) groups is 1. The highest BCUT2D eigenvalue weighted by atomic mass is 32.2. The number of amides is 2. The lowest BCUT2D eigenvalue weighted by Crippen LogP contribution is -2.41. The Morgan fingerprint density at radius 3 is 2.60 bits per heavy atom. The molecule has 0 saturated heterocycles. The monoisotopic (exact) mass is 463 g/mol. The van der Waals surface area contributed by atoms with Gasteiger partial charge >= 0.3 is 6.09 Å². The van der Waals surface area contributed by atoms with Gasteiger partial charge in [-0.3, -0.25) is 10.2 Å². The Balaban J connectivity index is 1.52. The third-order valence-electron chi connectivity index (χ3n) is 3.84. The molecule has 10 heteroatoms. The van der Waals surface area contributed by atoms with E-state index < -0.39 is 12.0 Å². The second-order valence-electron chi connectivity index (χ2n) is 6.04. The molecule has 30 heavy (non-hydrogen) atoms. The molecule has 0 bridgehead atoms. The predicted octanol–water partition coefficient (Wildman–Crippen LogP) is 4.87. The summed E-state index contributed by atoms with van der Waals surface area (Å²) in [6.07, 6.45) is 1.21. The molecule has 0 radical (unpaired) electrons. The molecule has 0 saturated carbocycles. The molecule has 7 nitrogen and oxygen atoms in total. The van der Waals surface area contributed by atoms with Gasteiger partial charge < -0.3 is 9.47 Å². The number of thiophene rings is 1. The van der Waals surface area contributed by atoms with E-state index >= 15 is 0 Å². The summed E-state index contributed by atoms with van der Waals surface area (Å²) in [7, 11) is 0. The van der Waals surface area contributed by atoms with E-state index in [9.17, 15) is 9.59 Å². The Hall–Kier alpha value is -2.56. The molecule has 0 aliphatic carbocycles. The Labute approximate surface area is 186 Å². The maximum atomic E-state index is 12.4. The van der Waals surface area contributed by atoms with E-state index in [0.29, 0.717) is 11.5 Å². The van der Waals surface area contributed by atoms with Gasteiger partial charge in [0.15, 0.2) is 0 Å². The first-order valence-electron chi connectivity index (χ1n) is 9.05. The minimum atomic E-state index is -0.741. The molecule has 2 amide bonds. The number of nitrogens with zero attached hydrogens (tertiary/aromatic N) is 1. The number of nitrogens with one attached hydrogen (secondary N) is 2. The van der Waals surface area contributed by atoms with Gasteiger partial charge in [0, 0.05) is 16.6 Å². The summed E-state index contributed by atoms with van der Waals surface area (Å²) in [4.78, 5) is 29.3. The van der Waals surface area contributed by atoms with Crippen LogP contribution in [0.1, 0.15) is 27.9 Å². The van der Waals surface area contributed by atoms with Crippen molar-refractivity contribution in [1.82, 2.24) is 15.8 Å². The summed E-state index contributed by atoms with van der Waals surface area (Å²) >= 11 is 4.44. The molecule has 1 aromatic carbocycles. The minimum Gasteiger partial charge on any atom is -0.494 e. The van der Waals surface area contributed by atoms with Crippen molar-refractivity contribution in [2.75, 3.05) is 12.9 Å². The van der Waals surface area contributed by atoms with E-state index in [-0.39, 0.29) is 6.61 Å². The molecular formula is C20H21N3O4S3. The maximum Gasteiger partial charge on any atom is 0.426 e. The van der Waals surface area contributed by atoms with Crippen molar-refractivity contribution in [3.63, 3.8) is 0 Å². The first-order chi connectivity index (χ1) is 14.5. The predicted molar refractivity (Wildman–Crippen MR) is 120 cm³/mol. The first-order valence-corrected chi connectivity index (χ1v) is 12.0. The molecule has 0 fully saturated rings. The number of benzene rings is 1. The van der Waals surface area contributed by atoms with Gasteiger partial charge in [-0.05, 0) is 43.9 Å². The molecule has 2 aromatic heterocycles. The van der Waals surface area contributed by atoms with Crippen LogP contribution >= 0.6 is 34.4 Å². The fraction of sp³-hybridized carbons (Fsp3) is 0.250. The van der Waals surface area contributed by atoms with Crippen molar-refractivity contribution < 1.29 is 19.1 Å². The highest BCUT2D eigenvalue weighted by Crippen LogP contribution is 2.38.